The van der Waals surface area contributed by atoms with Gasteiger partial charge in [-0.15, -0.1) is 0 Å². The minimum atomic E-state index is -0.230. The normalized spacial score (nSPS) is 10.5. The number of fused-ring (bicyclic) bond motifs is 1. The van der Waals surface area contributed by atoms with E-state index in [-0.39, 0.29) is 11.9 Å². The number of ether oxygens (including phenoxy) is 1. The Morgan fingerprint density at radius 3 is 2.50 bits per heavy atom. The van der Waals surface area contributed by atoms with Crippen molar-refractivity contribution in [1.29, 1.82) is 0 Å². The van der Waals surface area contributed by atoms with Crippen molar-refractivity contribution in [2.75, 3.05) is 12.4 Å². The van der Waals surface area contributed by atoms with Crippen LogP contribution in [0.3, 0.4) is 0 Å². The predicted octanol–water partition coefficient (Wildman–Crippen LogP) is 3.97. The Morgan fingerprint density at radius 1 is 1.08 bits per heavy atom. The van der Waals surface area contributed by atoms with Crippen LogP contribution in [0.25, 0.3) is 22.2 Å². The van der Waals surface area contributed by atoms with Gasteiger partial charge in [-0.05, 0) is 36.2 Å². The maximum atomic E-state index is 11.5. The first-order valence-corrected chi connectivity index (χ1v) is 8.40. The zero-order chi connectivity index (χ0) is 18.5. The summed E-state index contributed by atoms with van der Waals surface area (Å²) in [5.41, 5.74) is 4.47. The van der Waals surface area contributed by atoms with Crippen LogP contribution in [0.15, 0.2) is 54.6 Å². The second-order valence-electron chi connectivity index (χ2n) is 6.02. The van der Waals surface area contributed by atoms with Crippen LogP contribution in [-0.2, 0) is 20.7 Å². The van der Waals surface area contributed by atoms with Crippen molar-refractivity contribution in [2.45, 2.75) is 19.8 Å². The number of aryl methyl sites for hydroxylation is 1. The number of benzene rings is 2. The molecule has 5 nitrogen and oxygen atoms in total. The molecule has 0 aliphatic rings. The van der Waals surface area contributed by atoms with E-state index in [0.29, 0.717) is 12.8 Å². The molecule has 1 N–H and O–H groups in total. The van der Waals surface area contributed by atoms with E-state index in [9.17, 15) is 9.59 Å². The highest BCUT2D eigenvalue weighted by molar-refractivity contribution is 5.89. The minimum absolute atomic E-state index is 0.105. The molecular weight excluding hydrogens is 328 g/mol. The van der Waals surface area contributed by atoms with Crippen LogP contribution in [0.2, 0.25) is 0 Å². The number of nitrogens with one attached hydrogen (secondary N) is 1. The molecule has 0 aliphatic carbocycles. The fourth-order valence-electron chi connectivity index (χ4n) is 2.87. The molecular formula is C21H20N2O3. The van der Waals surface area contributed by atoms with Gasteiger partial charge < -0.3 is 10.1 Å². The summed E-state index contributed by atoms with van der Waals surface area (Å²) in [6.45, 7) is 1.48. The van der Waals surface area contributed by atoms with Gasteiger partial charge >= 0.3 is 5.97 Å². The summed E-state index contributed by atoms with van der Waals surface area (Å²) >= 11 is 0. The number of amides is 1. The van der Waals surface area contributed by atoms with Crippen molar-refractivity contribution in [2.24, 2.45) is 0 Å². The van der Waals surface area contributed by atoms with Crippen molar-refractivity contribution in [3.8, 4) is 11.3 Å². The lowest BCUT2D eigenvalue weighted by molar-refractivity contribution is -0.140. The highest BCUT2D eigenvalue weighted by Crippen LogP contribution is 2.26. The highest BCUT2D eigenvalue weighted by atomic mass is 16.5. The van der Waals surface area contributed by atoms with Crippen LogP contribution in [-0.4, -0.2) is 24.0 Å². The first-order chi connectivity index (χ1) is 12.6. The van der Waals surface area contributed by atoms with Crippen LogP contribution in [0.5, 0.6) is 0 Å². The minimum Gasteiger partial charge on any atom is -0.469 e. The molecule has 132 valence electrons. The van der Waals surface area contributed by atoms with Crippen molar-refractivity contribution in [1.82, 2.24) is 4.98 Å². The Morgan fingerprint density at radius 2 is 1.81 bits per heavy atom. The van der Waals surface area contributed by atoms with Gasteiger partial charge in [-0.2, -0.15) is 0 Å². The molecule has 3 aromatic rings. The van der Waals surface area contributed by atoms with Crippen molar-refractivity contribution in [3.05, 3.63) is 60.2 Å². The third kappa shape index (κ3) is 4.06. The van der Waals surface area contributed by atoms with Gasteiger partial charge in [0.25, 0.3) is 0 Å². The molecule has 3 rings (SSSR count). The molecule has 0 bridgehead atoms. The van der Waals surface area contributed by atoms with Gasteiger partial charge in [0.2, 0.25) is 5.91 Å². The number of hydrogen-bond donors (Lipinski definition) is 1. The Balaban J connectivity index is 1.97. The lowest BCUT2D eigenvalue weighted by Crippen LogP contribution is -2.05. The predicted molar refractivity (Wildman–Crippen MR) is 102 cm³/mol. The summed E-state index contributed by atoms with van der Waals surface area (Å²) in [6, 6.07) is 17.4. The van der Waals surface area contributed by atoms with E-state index < -0.39 is 0 Å². The second-order valence-corrected chi connectivity index (χ2v) is 6.02. The Labute approximate surface area is 152 Å². The van der Waals surface area contributed by atoms with Crippen molar-refractivity contribution >= 4 is 28.5 Å². The molecule has 1 amide bonds. The number of nitrogens with zero attached hydrogens (tertiary/aromatic N) is 1. The van der Waals surface area contributed by atoms with Gasteiger partial charge in [-0.3, -0.25) is 9.59 Å². The van der Waals surface area contributed by atoms with E-state index in [0.717, 1.165) is 33.4 Å². The van der Waals surface area contributed by atoms with E-state index in [1.54, 1.807) is 0 Å². The average Bonchev–Trinajstić information content (AvgIpc) is 2.65. The number of methoxy groups -OCH3 is 1. The van der Waals surface area contributed by atoms with E-state index in [1.165, 1.54) is 14.0 Å². The van der Waals surface area contributed by atoms with Gasteiger partial charge in [0.15, 0.2) is 0 Å². The standard InChI is InChI=1S/C21H20N2O3/c1-14(24)22-17-10-7-15(8-11-17)20-13-16(9-12-21(25)26-2)18-5-3-4-6-19(18)23-20/h3-8,10-11,13H,9,12H2,1-2H3,(H,22,24). The molecule has 0 unspecified atom stereocenters. The van der Waals surface area contributed by atoms with E-state index in [2.05, 4.69) is 5.32 Å². The molecule has 26 heavy (non-hydrogen) atoms. The van der Waals surface area contributed by atoms with Gasteiger partial charge in [0.05, 0.1) is 18.3 Å². The van der Waals surface area contributed by atoms with Crippen LogP contribution in [0.4, 0.5) is 5.69 Å². The third-order valence-electron chi connectivity index (χ3n) is 4.13. The monoisotopic (exact) mass is 348 g/mol. The van der Waals surface area contributed by atoms with E-state index >= 15 is 0 Å². The number of rotatable bonds is 5. The third-order valence-corrected chi connectivity index (χ3v) is 4.13. The molecule has 0 spiro atoms. The molecule has 1 heterocycles. The number of carbonyl (C=O) groups is 2. The molecule has 0 saturated carbocycles. The van der Waals surface area contributed by atoms with Crippen LogP contribution >= 0.6 is 0 Å². The molecule has 2 aromatic carbocycles. The molecule has 0 saturated heterocycles. The number of aromatic nitrogens is 1. The van der Waals surface area contributed by atoms with Gasteiger partial charge in [0.1, 0.15) is 0 Å². The van der Waals surface area contributed by atoms with Crippen LogP contribution < -0.4 is 5.32 Å². The maximum Gasteiger partial charge on any atom is 0.305 e. The summed E-state index contributed by atoms with van der Waals surface area (Å²) in [5.74, 6) is -0.334. The van der Waals surface area contributed by atoms with Crippen LogP contribution in [0, 0.1) is 0 Å². The topological polar surface area (TPSA) is 68.3 Å². The molecule has 1 aromatic heterocycles. The summed E-state index contributed by atoms with van der Waals surface area (Å²) in [4.78, 5) is 27.4. The number of para-hydroxylation sites is 1. The number of pyridine rings is 1. The van der Waals surface area contributed by atoms with E-state index in [1.807, 2.05) is 54.6 Å². The Kier molecular flexibility index (Phi) is 5.27. The van der Waals surface area contributed by atoms with E-state index in [4.69, 9.17) is 9.72 Å². The van der Waals surface area contributed by atoms with Gasteiger partial charge in [0, 0.05) is 30.0 Å². The molecule has 0 radical (unpaired) electrons. The lowest BCUT2D eigenvalue weighted by Gasteiger charge is -2.10. The average molecular weight is 348 g/mol. The van der Waals surface area contributed by atoms with Crippen molar-refractivity contribution in [3.63, 3.8) is 0 Å². The molecule has 0 aliphatic heterocycles. The number of anilines is 1. The zero-order valence-corrected chi connectivity index (χ0v) is 14.8. The molecule has 0 fully saturated rings. The largest absolute Gasteiger partial charge is 0.469 e. The molecule has 0 atom stereocenters. The molecule has 5 heteroatoms. The van der Waals surface area contributed by atoms with Crippen LogP contribution in [0.1, 0.15) is 18.9 Å². The summed E-state index contributed by atoms with van der Waals surface area (Å²) in [6.07, 6.45) is 0.915. The fourth-order valence-corrected chi connectivity index (χ4v) is 2.87. The van der Waals surface area contributed by atoms with Gasteiger partial charge in [-0.25, -0.2) is 4.98 Å². The first-order valence-electron chi connectivity index (χ1n) is 8.40. The number of hydrogen-bond acceptors (Lipinski definition) is 4. The lowest BCUT2D eigenvalue weighted by atomic mass is 10.0. The Hall–Kier alpha value is -3.21. The number of carbonyl (C=O) groups excluding carboxylic acids is 2. The summed E-state index contributed by atoms with van der Waals surface area (Å²) < 4.78 is 4.75. The first kappa shape index (κ1) is 17.6. The quantitative estimate of drug-likeness (QED) is 0.709. The second kappa shape index (κ2) is 7.78. The fraction of sp³-hybridized carbons (Fsp3) is 0.190. The van der Waals surface area contributed by atoms with Crippen molar-refractivity contribution < 1.29 is 14.3 Å². The SMILES string of the molecule is COC(=O)CCc1cc(-c2ccc(NC(C)=O)cc2)nc2ccccc12. The number of esters is 1. The highest BCUT2D eigenvalue weighted by Gasteiger charge is 2.10. The summed E-state index contributed by atoms with van der Waals surface area (Å²) in [5, 5.41) is 3.79. The maximum absolute atomic E-state index is 11.5. The van der Waals surface area contributed by atoms with Gasteiger partial charge in [-0.1, -0.05) is 30.3 Å². The Bertz CT molecular complexity index is 949. The summed E-state index contributed by atoms with van der Waals surface area (Å²) in [7, 11) is 1.40. The smallest absolute Gasteiger partial charge is 0.305 e. The zero-order valence-electron chi connectivity index (χ0n) is 14.8.